The summed E-state index contributed by atoms with van der Waals surface area (Å²) in [6, 6.07) is 19.1. The highest BCUT2D eigenvalue weighted by Crippen LogP contribution is 2.49. The Labute approximate surface area is 389 Å². The molecule has 0 bridgehead atoms. The normalized spacial score (nSPS) is 23.3. The smallest absolute Gasteiger partial charge is 0.293 e. The summed E-state index contributed by atoms with van der Waals surface area (Å²) in [6.07, 6.45) is 9.47. The van der Waals surface area contributed by atoms with Gasteiger partial charge in [-0.25, -0.2) is 22.5 Å². The summed E-state index contributed by atoms with van der Waals surface area (Å²) in [7, 11) is -4.65. The molecule has 66 heavy (non-hydrogen) atoms. The van der Waals surface area contributed by atoms with Crippen LogP contribution in [0.25, 0.3) is 11.0 Å². The number of hydrogen-bond donors (Lipinski definition) is 4. The fraction of sp³-hybridized carbons (Fsp3) is 0.469. The Balaban J connectivity index is 0.917. The maximum atomic E-state index is 14.7. The number of ether oxygens (including phenoxy) is 1. The van der Waals surface area contributed by atoms with Crippen LogP contribution in [0, 0.1) is 27.3 Å². The molecule has 350 valence electrons. The molecule has 1 amide bonds. The van der Waals surface area contributed by atoms with E-state index in [1.54, 1.807) is 19.1 Å². The van der Waals surface area contributed by atoms with E-state index in [1.165, 1.54) is 54.7 Å². The number of aromatic amines is 1. The van der Waals surface area contributed by atoms with Gasteiger partial charge < -0.3 is 25.0 Å². The average molecular weight is 943 g/mol. The fourth-order valence-electron chi connectivity index (χ4n) is 10.8. The van der Waals surface area contributed by atoms with Crippen LogP contribution in [0.1, 0.15) is 112 Å². The van der Waals surface area contributed by atoms with E-state index >= 15 is 0 Å². The Bertz CT molecular complexity index is 2760. The van der Waals surface area contributed by atoms with Crippen LogP contribution in [0.15, 0.2) is 77.8 Å². The molecule has 14 nitrogen and oxygen atoms in total. The zero-order valence-electron chi connectivity index (χ0n) is 37.5. The van der Waals surface area contributed by atoms with Gasteiger partial charge in [0.2, 0.25) is 0 Å². The summed E-state index contributed by atoms with van der Waals surface area (Å²) in [4.78, 5) is 36.9. The number of benzene rings is 3. The number of sulfonamides is 1. The van der Waals surface area contributed by atoms with Crippen LogP contribution in [-0.4, -0.2) is 83.6 Å². The highest BCUT2D eigenvalue weighted by Gasteiger charge is 2.49. The number of carbonyl (C=O) groups excluding carboxylic acids is 1. The second kappa shape index (κ2) is 18.1. The van der Waals surface area contributed by atoms with Gasteiger partial charge >= 0.3 is 0 Å². The van der Waals surface area contributed by atoms with Crippen molar-refractivity contribution in [2.45, 2.75) is 107 Å². The second-order valence-electron chi connectivity index (χ2n) is 19.6. The number of carbonyl (C=O) groups is 1. The number of amides is 1. The molecule has 3 aromatic carbocycles. The Hall–Kier alpha value is -5.29. The zero-order valence-corrected chi connectivity index (χ0v) is 39.1. The van der Waals surface area contributed by atoms with E-state index in [0.717, 1.165) is 69.8 Å². The Morgan fingerprint density at radius 1 is 1.03 bits per heavy atom. The van der Waals surface area contributed by atoms with Crippen molar-refractivity contribution >= 4 is 55.6 Å². The van der Waals surface area contributed by atoms with Gasteiger partial charge in [0.25, 0.3) is 21.6 Å². The highest BCUT2D eigenvalue weighted by atomic mass is 35.5. The van der Waals surface area contributed by atoms with Crippen LogP contribution in [0.5, 0.6) is 11.5 Å². The number of pyridine rings is 1. The Kier molecular flexibility index (Phi) is 12.6. The van der Waals surface area contributed by atoms with Crippen LogP contribution >= 0.6 is 11.6 Å². The highest BCUT2D eigenvalue weighted by molar-refractivity contribution is 7.90. The van der Waals surface area contributed by atoms with Crippen molar-refractivity contribution < 1.29 is 32.4 Å². The first-order valence-corrected chi connectivity index (χ1v) is 24.9. The number of nitro groups is 1. The number of aliphatic hydroxyl groups is 1. The summed E-state index contributed by atoms with van der Waals surface area (Å²) >= 11 is 6.52. The first-order chi connectivity index (χ1) is 31.5. The van der Waals surface area contributed by atoms with Gasteiger partial charge in [-0.05, 0) is 123 Å². The lowest BCUT2D eigenvalue weighted by molar-refractivity contribution is -0.384. The number of aromatic nitrogens is 2. The summed E-state index contributed by atoms with van der Waals surface area (Å²) in [5.41, 5.74) is 2.89. The molecule has 9 rings (SSSR count). The zero-order chi connectivity index (χ0) is 46.5. The SMILES string of the molecule is CC(C)c1ccccc1[C@@H]1CCC[C@@H]1N1CC2(CCN(c3ccc(C(=O)NS(=O)(=O)c4ccc(NCC5CCC(C)(O)CC5)c([N+](=O)[O-])c4)c(Oc4cc5c(F)c[nH]c5nc4Cl)c3)CC2)C1. The number of nitrogens with zero attached hydrogens (tertiary/aromatic N) is 4. The van der Waals surface area contributed by atoms with Gasteiger partial charge in [-0.1, -0.05) is 56.1 Å². The Morgan fingerprint density at radius 2 is 1.77 bits per heavy atom. The Morgan fingerprint density at radius 3 is 2.50 bits per heavy atom. The minimum atomic E-state index is -4.65. The number of rotatable bonds is 13. The number of nitrogens with one attached hydrogen (secondary N) is 3. The van der Waals surface area contributed by atoms with Gasteiger partial charge in [0, 0.05) is 62.8 Å². The molecule has 2 aromatic heterocycles. The minimum absolute atomic E-state index is 0.0435. The summed E-state index contributed by atoms with van der Waals surface area (Å²) < 4.78 is 50.5. The van der Waals surface area contributed by atoms with Gasteiger partial charge in [-0.3, -0.25) is 19.8 Å². The number of likely N-dealkylation sites (tertiary alicyclic amines) is 1. The van der Waals surface area contributed by atoms with Crippen molar-refractivity contribution in [1.29, 1.82) is 0 Å². The number of nitro benzene ring substituents is 1. The molecule has 4 aliphatic rings. The third-order valence-electron chi connectivity index (χ3n) is 14.7. The number of fused-ring (bicyclic) bond motifs is 1. The van der Waals surface area contributed by atoms with Gasteiger partial charge in [0.1, 0.15) is 22.9 Å². The van der Waals surface area contributed by atoms with E-state index < -0.39 is 42.9 Å². The first kappa shape index (κ1) is 45.8. The van der Waals surface area contributed by atoms with Crippen LogP contribution in [0.4, 0.5) is 21.5 Å². The number of hydrogen-bond acceptors (Lipinski definition) is 11. The standard InChI is InChI=1S/C49H57ClFN7O7S/c1-30(2)34-7-4-5-8-35(34)36-9-6-10-41(36)57-28-49(29-57)19-21-56(22-20-49)32-11-13-37(43(23-32)65-44-25-38-39(51)27-53-46(38)54-45(44)50)47(59)55-66(63,64)33-12-14-40(42(24-33)58(61)62)52-26-31-15-17-48(3,60)18-16-31/h4-5,7-8,11-14,23-25,27,30-31,36,41,52,60H,6,9-10,15-22,26,28-29H2,1-3H3,(H,53,54)(H,55,59)/t31?,36-,41-,48?/m0/s1. The predicted octanol–water partition coefficient (Wildman–Crippen LogP) is 9.89. The molecule has 0 radical (unpaired) electrons. The quantitative estimate of drug-likeness (QED) is 0.0501. The molecule has 2 saturated carbocycles. The van der Waals surface area contributed by atoms with Crippen LogP contribution in [0.2, 0.25) is 5.15 Å². The predicted molar refractivity (Wildman–Crippen MR) is 253 cm³/mol. The van der Waals surface area contributed by atoms with Gasteiger partial charge in [-0.15, -0.1) is 0 Å². The molecular formula is C49H57ClFN7O7S. The van der Waals surface area contributed by atoms with Crippen molar-refractivity contribution in [2.24, 2.45) is 11.3 Å². The molecule has 17 heteroatoms. The van der Waals surface area contributed by atoms with Gasteiger partial charge in [-0.2, -0.15) is 0 Å². The lowest BCUT2D eigenvalue weighted by Crippen LogP contribution is -2.63. The summed E-state index contributed by atoms with van der Waals surface area (Å²) in [5, 5.41) is 25.6. The lowest BCUT2D eigenvalue weighted by Gasteiger charge is -2.57. The lowest BCUT2D eigenvalue weighted by atomic mass is 9.70. The summed E-state index contributed by atoms with van der Waals surface area (Å²) in [5.74, 6) is -0.536. The average Bonchev–Trinajstić information content (AvgIpc) is 3.91. The topological polar surface area (TPSA) is 183 Å². The van der Waals surface area contributed by atoms with E-state index in [9.17, 15) is 32.8 Å². The molecule has 2 atom stereocenters. The molecule has 4 N–H and O–H groups in total. The van der Waals surface area contributed by atoms with Crippen LogP contribution < -0.4 is 19.7 Å². The molecule has 2 saturated heterocycles. The number of piperidine rings is 1. The molecule has 5 aromatic rings. The molecular weight excluding hydrogens is 885 g/mol. The minimum Gasteiger partial charge on any atom is -0.453 e. The van der Waals surface area contributed by atoms with E-state index in [2.05, 4.69) is 67.9 Å². The number of halogens is 2. The van der Waals surface area contributed by atoms with Crippen molar-refractivity contribution in [3.63, 3.8) is 0 Å². The molecule has 0 unspecified atom stereocenters. The first-order valence-electron chi connectivity index (χ1n) is 23.0. The number of anilines is 2. The molecule has 4 heterocycles. The van der Waals surface area contributed by atoms with Gasteiger partial charge in [0.05, 0.1) is 26.4 Å². The van der Waals surface area contributed by atoms with E-state index in [-0.39, 0.29) is 50.3 Å². The fourth-order valence-corrected chi connectivity index (χ4v) is 12.0. The van der Waals surface area contributed by atoms with Crippen molar-refractivity contribution in [3.8, 4) is 11.5 Å². The van der Waals surface area contributed by atoms with Crippen molar-refractivity contribution in [2.75, 3.05) is 42.9 Å². The molecule has 1 spiro atoms. The second-order valence-corrected chi connectivity index (χ2v) is 21.6. The molecule has 2 aliphatic heterocycles. The van der Waals surface area contributed by atoms with E-state index in [0.29, 0.717) is 37.3 Å². The maximum Gasteiger partial charge on any atom is 0.293 e. The largest absolute Gasteiger partial charge is 0.453 e. The van der Waals surface area contributed by atoms with Crippen LogP contribution in [0.3, 0.4) is 0 Å². The van der Waals surface area contributed by atoms with Crippen molar-refractivity contribution in [1.82, 2.24) is 19.6 Å². The van der Waals surface area contributed by atoms with Crippen molar-refractivity contribution in [3.05, 3.63) is 111 Å². The van der Waals surface area contributed by atoms with Gasteiger partial charge in [0.15, 0.2) is 10.9 Å². The van der Waals surface area contributed by atoms with E-state index in [4.69, 9.17) is 16.3 Å². The summed E-state index contributed by atoms with van der Waals surface area (Å²) in [6.45, 7) is 10.4. The van der Waals surface area contributed by atoms with E-state index in [1.807, 2.05) is 0 Å². The van der Waals surface area contributed by atoms with Crippen LogP contribution in [-0.2, 0) is 10.0 Å². The molecule has 2 aliphatic carbocycles. The maximum absolute atomic E-state index is 14.7. The number of H-pyrrole nitrogens is 1. The molecule has 4 fully saturated rings. The monoisotopic (exact) mass is 941 g/mol. The third-order valence-corrected chi connectivity index (χ3v) is 16.3. The third kappa shape index (κ3) is 9.34.